The molecule has 0 aliphatic carbocycles. The van der Waals surface area contributed by atoms with E-state index < -0.39 is 5.97 Å². The monoisotopic (exact) mass is 246 g/mol. The van der Waals surface area contributed by atoms with Gasteiger partial charge in [0.05, 0.1) is 6.20 Å². The lowest BCUT2D eigenvalue weighted by molar-refractivity contribution is 0.0690. The van der Waals surface area contributed by atoms with Gasteiger partial charge in [-0.1, -0.05) is 6.07 Å². The van der Waals surface area contributed by atoms with Crippen molar-refractivity contribution >= 4 is 11.8 Å². The zero-order valence-electron chi connectivity index (χ0n) is 10.00. The van der Waals surface area contributed by atoms with Gasteiger partial charge in [0.25, 0.3) is 0 Å². The number of aryl methyl sites for hydroxylation is 1. The van der Waals surface area contributed by atoms with Gasteiger partial charge in [0, 0.05) is 19.8 Å². The predicted molar refractivity (Wildman–Crippen MR) is 66.6 cm³/mol. The van der Waals surface area contributed by atoms with Gasteiger partial charge in [0.15, 0.2) is 5.69 Å². The number of pyridine rings is 1. The van der Waals surface area contributed by atoms with Crippen molar-refractivity contribution in [2.24, 2.45) is 7.05 Å². The Morgan fingerprint density at radius 2 is 2.33 bits per heavy atom. The van der Waals surface area contributed by atoms with Crippen molar-refractivity contribution in [3.05, 3.63) is 41.9 Å². The third-order valence-electron chi connectivity index (χ3n) is 2.45. The van der Waals surface area contributed by atoms with Gasteiger partial charge in [-0.05, 0) is 24.1 Å². The van der Waals surface area contributed by atoms with Crippen LogP contribution in [0.2, 0.25) is 0 Å². The zero-order valence-corrected chi connectivity index (χ0v) is 10.00. The maximum atomic E-state index is 10.7. The Morgan fingerprint density at radius 1 is 1.50 bits per heavy atom. The molecule has 0 aliphatic heterocycles. The highest BCUT2D eigenvalue weighted by Crippen LogP contribution is 2.05. The highest BCUT2D eigenvalue weighted by molar-refractivity contribution is 5.85. The van der Waals surface area contributed by atoms with Gasteiger partial charge >= 0.3 is 5.97 Å². The van der Waals surface area contributed by atoms with Crippen LogP contribution in [-0.4, -0.2) is 32.4 Å². The summed E-state index contributed by atoms with van der Waals surface area (Å²) >= 11 is 0. The Kier molecular flexibility index (Phi) is 3.57. The molecule has 2 heterocycles. The minimum atomic E-state index is -1.02. The van der Waals surface area contributed by atoms with E-state index in [4.69, 9.17) is 5.11 Å². The molecule has 2 aromatic rings. The van der Waals surface area contributed by atoms with Crippen molar-refractivity contribution in [2.45, 2.75) is 6.42 Å². The lowest BCUT2D eigenvalue weighted by atomic mass is 10.2. The van der Waals surface area contributed by atoms with E-state index in [1.807, 2.05) is 19.4 Å². The van der Waals surface area contributed by atoms with E-state index in [0.717, 1.165) is 12.0 Å². The van der Waals surface area contributed by atoms with Gasteiger partial charge in [-0.25, -0.2) is 9.78 Å². The Morgan fingerprint density at radius 3 is 3.00 bits per heavy atom. The summed E-state index contributed by atoms with van der Waals surface area (Å²) in [5.74, 6) is -0.454. The number of aromatic nitrogens is 3. The number of rotatable bonds is 5. The summed E-state index contributed by atoms with van der Waals surface area (Å²) < 4.78 is 1.75. The molecule has 0 saturated heterocycles. The molecule has 18 heavy (non-hydrogen) atoms. The zero-order chi connectivity index (χ0) is 13.0. The Hall–Kier alpha value is -2.37. The molecule has 0 atom stereocenters. The van der Waals surface area contributed by atoms with Gasteiger partial charge in [0.1, 0.15) is 5.82 Å². The first-order valence-corrected chi connectivity index (χ1v) is 5.57. The van der Waals surface area contributed by atoms with E-state index in [-0.39, 0.29) is 5.69 Å². The summed E-state index contributed by atoms with van der Waals surface area (Å²) in [6, 6.07) is 4.88. The van der Waals surface area contributed by atoms with Crippen LogP contribution in [0.3, 0.4) is 0 Å². The van der Waals surface area contributed by atoms with Crippen LogP contribution in [0.15, 0.2) is 30.6 Å². The molecular formula is C12H14N4O2. The normalized spacial score (nSPS) is 10.3. The molecule has 94 valence electrons. The summed E-state index contributed by atoms with van der Waals surface area (Å²) in [7, 11) is 1.87. The quantitative estimate of drug-likeness (QED) is 0.827. The molecule has 0 saturated carbocycles. The maximum Gasteiger partial charge on any atom is 0.354 e. The fraction of sp³-hybridized carbons (Fsp3) is 0.250. The van der Waals surface area contributed by atoms with Gasteiger partial charge in [0.2, 0.25) is 0 Å². The largest absolute Gasteiger partial charge is 0.477 e. The van der Waals surface area contributed by atoms with Gasteiger partial charge in [-0.15, -0.1) is 0 Å². The third kappa shape index (κ3) is 3.07. The molecule has 2 N–H and O–H groups in total. The van der Waals surface area contributed by atoms with Gasteiger partial charge < -0.3 is 10.4 Å². The highest BCUT2D eigenvalue weighted by atomic mass is 16.4. The summed E-state index contributed by atoms with van der Waals surface area (Å²) in [6.07, 6.45) is 4.57. The number of carbonyl (C=O) groups is 1. The van der Waals surface area contributed by atoms with Crippen LogP contribution in [0.1, 0.15) is 16.1 Å². The van der Waals surface area contributed by atoms with Crippen LogP contribution in [-0.2, 0) is 13.5 Å². The number of carboxylic acids is 1. The van der Waals surface area contributed by atoms with Gasteiger partial charge in [-0.2, -0.15) is 5.10 Å². The second-order valence-corrected chi connectivity index (χ2v) is 3.91. The molecule has 0 spiro atoms. The first kappa shape index (κ1) is 12.1. The average Bonchev–Trinajstić information content (AvgIpc) is 2.75. The van der Waals surface area contributed by atoms with Crippen LogP contribution < -0.4 is 5.32 Å². The average molecular weight is 246 g/mol. The van der Waals surface area contributed by atoms with E-state index in [1.165, 1.54) is 6.07 Å². The van der Waals surface area contributed by atoms with Crippen molar-refractivity contribution in [3.63, 3.8) is 0 Å². The fourth-order valence-electron chi connectivity index (χ4n) is 1.59. The first-order valence-electron chi connectivity index (χ1n) is 5.57. The lowest BCUT2D eigenvalue weighted by Crippen LogP contribution is -2.08. The van der Waals surface area contributed by atoms with Gasteiger partial charge in [-0.3, -0.25) is 4.68 Å². The molecule has 0 radical (unpaired) electrons. The van der Waals surface area contributed by atoms with Crippen LogP contribution >= 0.6 is 0 Å². The SMILES string of the molecule is Cn1cc(CCNc2cccc(C(=O)O)n2)cn1. The number of carboxylic acid groups (broad SMARTS) is 1. The van der Waals surface area contributed by atoms with Crippen molar-refractivity contribution < 1.29 is 9.90 Å². The van der Waals surface area contributed by atoms with Crippen molar-refractivity contribution in [2.75, 3.05) is 11.9 Å². The van der Waals surface area contributed by atoms with Crippen LogP contribution in [0.4, 0.5) is 5.82 Å². The van der Waals surface area contributed by atoms with Crippen LogP contribution in [0.5, 0.6) is 0 Å². The Bertz CT molecular complexity index is 551. The molecule has 0 aromatic carbocycles. The Balaban J connectivity index is 1.90. The molecule has 2 aromatic heterocycles. The van der Waals surface area contributed by atoms with Crippen LogP contribution in [0.25, 0.3) is 0 Å². The molecule has 0 aliphatic rings. The topological polar surface area (TPSA) is 80.0 Å². The van der Waals surface area contributed by atoms with E-state index in [1.54, 1.807) is 16.8 Å². The molecule has 0 unspecified atom stereocenters. The van der Waals surface area contributed by atoms with E-state index in [9.17, 15) is 4.79 Å². The number of hydrogen-bond donors (Lipinski definition) is 2. The number of nitrogens with zero attached hydrogens (tertiary/aromatic N) is 3. The third-order valence-corrected chi connectivity index (χ3v) is 2.45. The fourth-order valence-corrected chi connectivity index (χ4v) is 1.59. The number of hydrogen-bond acceptors (Lipinski definition) is 4. The van der Waals surface area contributed by atoms with Crippen molar-refractivity contribution in [1.82, 2.24) is 14.8 Å². The second-order valence-electron chi connectivity index (χ2n) is 3.91. The molecule has 2 rings (SSSR count). The minimum absolute atomic E-state index is 0.0429. The molecule has 0 amide bonds. The number of aromatic carboxylic acids is 1. The van der Waals surface area contributed by atoms with Crippen molar-refractivity contribution in [1.29, 1.82) is 0 Å². The van der Waals surface area contributed by atoms with E-state index >= 15 is 0 Å². The summed E-state index contributed by atoms with van der Waals surface area (Å²) in [6.45, 7) is 0.682. The molecule has 0 fully saturated rings. The molecule has 6 nitrogen and oxygen atoms in total. The molecular weight excluding hydrogens is 232 g/mol. The van der Waals surface area contributed by atoms with Crippen molar-refractivity contribution in [3.8, 4) is 0 Å². The number of anilines is 1. The molecule has 6 heteroatoms. The Labute approximate surface area is 104 Å². The minimum Gasteiger partial charge on any atom is -0.477 e. The first-order chi connectivity index (χ1) is 8.65. The highest BCUT2D eigenvalue weighted by Gasteiger charge is 2.04. The predicted octanol–water partition coefficient (Wildman–Crippen LogP) is 1.17. The smallest absolute Gasteiger partial charge is 0.354 e. The summed E-state index contributed by atoms with van der Waals surface area (Å²) in [5.41, 5.74) is 1.17. The lowest BCUT2D eigenvalue weighted by Gasteiger charge is -2.04. The van der Waals surface area contributed by atoms with E-state index in [2.05, 4.69) is 15.4 Å². The van der Waals surface area contributed by atoms with E-state index in [0.29, 0.717) is 12.4 Å². The molecule has 0 bridgehead atoms. The number of nitrogens with one attached hydrogen (secondary N) is 1. The second kappa shape index (κ2) is 5.31. The summed E-state index contributed by atoms with van der Waals surface area (Å²) in [4.78, 5) is 14.7. The standard InChI is InChI=1S/C12H14N4O2/c1-16-8-9(7-14-16)5-6-13-11-4-2-3-10(15-11)12(17)18/h2-4,7-8H,5-6H2,1H3,(H,13,15)(H,17,18). The maximum absolute atomic E-state index is 10.7. The van der Waals surface area contributed by atoms with Crippen LogP contribution in [0, 0.1) is 0 Å². The summed E-state index contributed by atoms with van der Waals surface area (Å²) in [5, 5.41) is 16.0.